The van der Waals surface area contributed by atoms with Crippen LogP contribution in [0.4, 0.5) is 0 Å². The maximum absolute atomic E-state index is 12.8. The zero-order valence-corrected chi connectivity index (χ0v) is 15.9. The van der Waals surface area contributed by atoms with E-state index in [2.05, 4.69) is 0 Å². The van der Waals surface area contributed by atoms with E-state index in [9.17, 15) is 19.8 Å². The third kappa shape index (κ3) is 3.45. The molecule has 6 nitrogen and oxygen atoms in total. The van der Waals surface area contributed by atoms with Crippen LogP contribution in [-0.4, -0.2) is 40.5 Å². The predicted octanol–water partition coefficient (Wildman–Crippen LogP) is 3.62. The van der Waals surface area contributed by atoms with Gasteiger partial charge in [-0.3, -0.25) is 9.59 Å². The molecule has 1 heterocycles. The number of carbonyl (C=O) groups is 2. The molecule has 1 aliphatic heterocycles. The highest BCUT2D eigenvalue weighted by atomic mass is 16.5. The van der Waals surface area contributed by atoms with Crippen molar-refractivity contribution in [3.05, 3.63) is 65.2 Å². The molecule has 1 saturated heterocycles. The number of hydrogen-bond acceptors (Lipinski definition) is 5. The van der Waals surface area contributed by atoms with Gasteiger partial charge in [-0.1, -0.05) is 49.7 Å². The van der Waals surface area contributed by atoms with Gasteiger partial charge in [-0.05, 0) is 24.1 Å². The molecule has 0 radical (unpaired) electrons. The van der Waals surface area contributed by atoms with E-state index in [1.165, 1.54) is 18.1 Å². The lowest BCUT2D eigenvalue weighted by molar-refractivity contribution is -0.139. The van der Waals surface area contributed by atoms with Crippen molar-refractivity contribution in [2.45, 2.75) is 25.8 Å². The van der Waals surface area contributed by atoms with Crippen molar-refractivity contribution in [3.8, 4) is 11.5 Å². The lowest BCUT2D eigenvalue weighted by Gasteiger charge is -2.25. The van der Waals surface area contributed by atoms with Crippen molar-refractivity contribution in [2.75, 3.05) is 13.7 Å². The summed E-state index contributed by atoms with van der Waals surface area (Å²) in [6, 6.07) is 12.6. The zero-order chi connectivity index (χ0) is 20.3. The monoisotopic (exact) mass is 381 g/mol. The molecule has 2 N–H and O–H groups in total. The van der Waals surface area contributed by atoms with Crippen LogP contribution in [0.5, 0.6) is 11.5 Å². The van der Waals surface area contributed by atoms with Gasteiger partial charge < -0.3 is 19.8 Å². The topological polar surface area (TPSA) is 87.1 Å². The fourth-order valence-corrected chi connectivity index (χ4v) is 3.40. The number of rotatable bonds is 6. The Balaban J connectivity index is 2.18. The van der Waals surface area contributed by atoms with Crippen molar-refractivity contribution in [2.24, 2.45) is 0 Å². The number of aliphatic hydroxyl groups is 1. The van der Waals surface area contributed by atoms with E-state index >= 15 is 0 Å². The number of ketones is 1. The first-order valence-corrected chi connectivity index (χ1v) is 9.20. The minimum atomic E-state index is -0.749. The summed E-state index contributed by atoms with van der Waals surface area (Å²) in [4.78, 5) is 27.0. The molecule has 0 unspecified atom stereocenters. The molecule has 146 valence electrons. The molecule has 0 aliphatic carbocycles. The molecule has 6 heteroatoms. The molecule has 1 aliphatic rings. The fraction of sp³-hybridized carbons (Fsp3) is 0.273. The number of phenols is 1. The average Bonchev–Trinajstić information content (AvgIpc) is 2.97. The smallest absolute Gasteiger partial charge is 0.295 e. The van der Waals surface area contributed by atoms with Crippen LogP contribution >= 0.6 is 0 Å². The van der Waals surface area contributed by atoms with Crippen LogP contribution in [0.15, 0.2) is 54.1 Å². The molecule has 1 atom stereocenters. The van der Waals surface area contributed by atoms with Crippen molar-refractivity contribution in [1.82, 2.24) is 4.90 Å². The number of phenolic OH excluding ortho intramolecular Hbond substituents is 1. The molecule has 2 aromatic rings. The number of benzene rings is 2. The lowest BCUT2D eigenvalue weighted by Crippen LogP contribution is -2.30. The summed E-state index contributed by atoms with van der Waals surface area (Å²) in [5.41, 5.74) is 1.09. The predicted molar refractivity (Wildman–Crippen MR) is 105 cm³/mol. The highest BCUT2D eigenvalue weighted by Crippen LogP contribution is 2.41. The number of amides is 1. The number of aromatic hydroxyl groups is 1. The van der Waals surface area contributed by atoms with Gasteiger partial charge in [0.15, 0.2) is 11.5 Å². The van der Waals surface area contributed by atoms with Gasteiger partial charge in [-0.25, -0.2) is 0 Å². The van der Waals surface area contributed by atoms with Gasteiger partial charge >= 0.3 is 0 Å². The Morgan fingerprint density at radius 1 is 1.14 bits per heavy atom. The summed E-state index contributed by atoms with van der Waals surface area (Å²) in [7, 11) is 1.43. The fourth-order valence-electron chi connectivity index (χ4n) is 3.40. The van der Waals surface area contributed by atoms with Crippen LogP contribution in [0.3, 0.4) is 0 Å². The van der Waals surface area contributed by atoms with E-state index in [0.717, 1.165) is 12.8 Å². The molecule has 2 aromatic carbocycles. The van der Waals surface area contributed by atoms with Crippen LogP contribution in [0.1, 0.15) is 36.9 Å². The summed E-state index contributed by atoms with van der Waals surface area (Å²) < 4.78 is 5.18. The van der Waals surface area contributed by atoms with E-state index in [0.29, 0.717) is 17.7 Å². The molecule has 0 bridgehead atoms. The van der Waals surface area contributed by atoms with Crippen molar-refractivity contribution in [3.63, 3.8) is 0 Å². The van der Waals surface area contributed by atoms with E-state index in [1.54, 1.807) is 42.5 Å². The van der Waals surface area contributed by atoms with Crippen LogP contribution in [-0.2, 0) is 9.59 Å². The Morgan fingerprint density at radius 2 is 1.86 bits per heavy atom. The molecule has 0 spiro atoms. The zero-order valence-electron chi connectivity index (χ0n) is 15.9. The van der Waals surface area contributed by atoms with Gasteiger partial charge in [-0.2, -0.15) is 0 Å². The number of aliphatic hydroxyl groups excluding tert-OH is 1. The third-order valence-corrected chi connectivity index (χ3v) is 4.86. The third-order valence-electron chi connectivity index (χ3n) is 4.86. The number of carbonyl (C=O) groups excluding carboxylic acids is 2. The highest BCUT2D eigenvalue weighted by molar-refractivity contribution is 6.46. The maximum Gasteiger partial charge on any atom is 0.295 e. The van der Waals surface area contributed by atoms with Gasteiger partial charge in [0.1, 0.15) is 5.76 Å². The van der Waals surface area contributed by atoms with Crippen molar-refractivity contribution in [1.29, 1.82) is 0 Å². The molecule has 1 amide bonds. The first kappa shape index (κ1) is 19.5. The Kier molecular flexibility index (Phi) is 5.68. The van der Waals surface area contributed by atoms with Gasteiger partial charge in [0.05, 0.1) is 18.7 Å². The summed E-state index contributed by atoms with van der Waals surface area (Å²) in [6.07, 6.45) is 1.58. The lowest BCUT2D eigenvalue weighted by atomic mass is 9.95. The van der Waals surface area contributed by atoms with Gasteiger partial charge in [0.25, 0.3) is 11.7 Å². The summed E-state index contributed by atoms with van der Waals surface area (Å²) in [5, 5.41) is 20.8. The number of likely N-dealkylation sites (tertiary alicyclic amines) is 1. The van der Waals surface area contributed by atoms with E-state index in [4.69, 9.17) is 4.74 Å². The molecule has 0 aromatic heterocycles. The second-order valence-electron chi connectivity index (χ2n) is 6.64. The average molecular weight is 381 g/mol. The van der Waals surface area contributed by atoms with Gasteiger partial charge in [0.2, 0.25) is 0 Å². The number of unbranched alkanes of at least 4 members (excludes halogenated alkanes) is 1. The van der Waals surface area contributed by atoms with E-state index < -0.39 is 17.7 Å². The first-order chi connectivity index (χ1) is 13.5. The van der Waals surface area contributed by atoms with Crippen molar-refractivity contribution >= 4 is 17.4 Å². The molecule has 0 saturated carbocycles. The minimum absolute atomic E-state index is 0.0417. The SMILES string of the molecule is CCCCN1C(=O)C(=O)C(=C(O)c2ccccc2)[C@H]1c1ccc(O)c(OC)c1. The van der Waals surface area contributed by atoms with E-state index in [-0.39, 0.29) is 22.8 Å². The van der Waals surface area contributed by atoms with Gasteiger partial charge in [-0.15, -0.1) is 0 Å². The van der Waals surface area contributed by atoms with Crippen molar-refractivity contribution < 1.29 is 24.5 Å². The second kappa shape index (κ2) is 8.17. The largest absolute Gasteiger partial charge is 0.507 e. The second-order valence-corrected chi connectivity index (χ2v) is 6.64. The standard InChI is InChI=1S/C22H23NO5/c1-3-4-12-23-19(15-10-11-16(24)17(13-15)28-2)18(21(26)22(23)27)20(25)14-8-6-5-7-9-14/h5-11,13,19,24-25H,3-4,12H2,1-2H3/t19-/m1/s1. The summed E-state index contributed by atoms with van der Waals surface area (Å²) in [5.74, 6) is -1.37. The summed E-state index contributed by atoms with van der Waals surface area (Å²) in [6.45, 7) is 2.39. The number of ether oxygens (including phenoxy) is 1. The number of hydrogen-bond donors (Lipinski definition) is 2. The van der Waals surface area contributed by atoms with Crippen LogP contribution in [0.25, 0.3) is 5.76 Å². The number of methoxy groups -OCH3 is 1. The minimum Gasteiger partial charge on any atom is -0.507 e. The Hall–Kier alpha value is -3.28. The molecule has 1 fully saturated rings. The molecule has 3 rings (SSSR count). The van der Waals surface area contributed by atoms with E-state index in [1.807, 2.05) is 6.92 Å². The summed E-state index contributed by atoms with van der Waals surface area (Å²) >= 11 is 0. The number of nitrogens with zero attached hydrogens (tertiary/aromatic N) is 1. The van der Waals surface area contributed by atoms with Crippen LogP contribution in [0.2, 0.25) is 0 Å². The Morgan fingerprint density at radius 3 is 2.50 bits per heavy atom. The normalized spacial score (nSPS) is 18.5. The van der Waals surface area contributed by atoms with Crippen LogP contribution < -0.4 is 4.74 Å². The maximum atomic E-state index is 12.8. The highest BCUT2D eigenvalue weighted by Gasteiger charge is 2.45. The number of Topliss-reactive ketones (excluding diaryl/α,β-unsaturated/α-hetero) is 1. The van der Waals surface area contributed by atoms with Gasteiger partial charge in [0, 0.05) is 12.1 Å². The quantitative estimate of drug-likeness (QED) is 0.453. The Bertz CT molecular complexity index is 920. The van der Waals surface area contributed by atoms with Crippen LogP contribution in [0, 0.1) is 0 Å². The molecule has 28 heavy (non-hydrogen) atoms. The molecular formula is C22H23NO5. The first-order valence-electron chi connectivity index (χ1n) is 9.20. The molecular weight excluding hydrogens is 358 g/mol. The Labute approximate surface area is 163 Å².